The van der Waals surface area contributed by atoms with E-state index in [9.17, 15) is 19.2 Å². The highest BCUT2D eigenvalue weighted by Gasteiger charge is 2.61. The van der Waals surface area contributed by atoms with Crippen molar-refractivity contribution in [2.24, 2.45) is 23.7 Å². The topological polar surface area (TPSA) is 71.5 Å². The van der Waals surface area contributed by atoms with Crippen molar-refractivity contribution >= 4 is 23.4 Å². The molecule has 1 heterocycles. The van der Waals surface area contributed by atoms with E-state index in [-0.39, 0.29) is 48.1 Å². The maximum Gasteiger partial charge on any atom is 0.233 e. The van der Waals surface area contributed by atoms with Gasteiger partial charge in [-0.05, 0) is 33.1 Å². The number of nitrogens with zero attached hydrogens (tertiary/aromatic N) is 1. The van der Waals surface area contributed by atoms with Crippen LogP contribution in [-0.2, 0) is 19.2 Å². The molecular weight excluding hydrogens is 258 g/mol. The van der Waals surface area contributed by atoms with Crippen LogP contribution in [0.5, 0.6) is 0 Å². The zero-order valence-corrected chi connectivity index (χ0v) is 12.0. The van der Waals surface area contributed by atoms with E-state index in [0.717, 1.165) is 0 Å². The molecule has 108 valence electrons. The maximum atomic E-state index is 12.6. The molecule has 2 bridgehead atoms. The van der Waals surface area contributed by atoms with Gasteiger partial charge in [-0.3, -0.25) is 24.1 Å². The average Bonchev–Trinajstić information content (AvgIpc) is 2.62. The number of Topliss-reactive ketones (excluding diaryl/α,β-unsaturated/α-hetero) is 2. The summed E-state index contributed by atoms with van der Waals surface area (Å²) in [5.74, 6) is -2.07. The molecule has 3 fully saturated rings. The number of carbonyl (C=O) groups is 4. The third-order valence-corrected chi connectivity index (χ3v) is 4.87. The summed E-state index contributed by atoms with van der Waals surface area (Å²) in [6.45, 7) is 5.47. The highest BCUT2D eigenvalue weighted by atomic mass is 16.2. The van der Waals surface area contributed by atoms with E-state index in [1.807, 2.05) is 20.8 Å². The Kier molecular flexibility index (Phi) is 2.69. The number of rotatable bonds is 0. The van der Waals surface area contributed by atoms with E-state index in [0.29, 0.717) is 6.42 Å². The lowest BCUT2D eigenvalue weighted by atomic mass is 9.75. The van der Waals surface area contributed by atoms with Crippen LogP contribution in [0.1, 0.15) is 40.0 Å². The van der Waals surface area contributed by atoms with E-state index >= 15 is 0 Å². The predicted octanol–water partition coefficient (Wildman–Crippen LogP) is 0.954. The lowest BCUT2D eigenvalue weighted by Gasteiger charge is -2.39. The van der Waals surface area contributed by atoms with Gasteiger partial charge in [0, 0.05) is 29.7 Å². The van der Waals surface area contributed by atoms with E-state index in [1.165, 1.54) is 4.90 Å². The maximum absolute atomic E-state index is 12.6. The molecule has 3 aliphatic rings. The van der Waals surface area contributed by atoms with Gasteiger partial charge in [0.05, 0.1) is 6.42 Å². The monoisotopic (exact) mass is 277 g/mol. The molecule has 5 nitrogen and oxygen atoms in total. The smallest absolute Gasteiger partial charge is 0.233 e. The first-order chi connectivity index (χ1) is 9.21. The van der Waals surface area contributed by atoms with E-state index in [1.54, 1.807) is 0 Å². The van der Waals surface area contributed by atoms with E-state index < -0.39 is 17.4 Å². The number of amides is 2. The molecule has 0 aromatic heterocycles. The third-order valence-electron chi connectivity index (χ3n) is 4.87. The molecule has 5 heteroatoms. The second-order valence-electron chi connectivity index (χ2n) is 7.21. The predicted molar refractivity (Wildman–Crippen MR) is 69.4 cm³/mol. The molecule has 3 rings (SSSR count). The van der Waals surface area contributed by atoms with Crippen LogP contribution in [0.25, 0.3) is 0 Å². The first-order valence-electron chi connectivity index (χ1n) is 7.14. The standard InChI is InChI=1S/C15H19NO4/c1-15(2,3)16-13(19)9-6-10(14(16)20)12-8(9)4-7(17)5-11(12)18/h8-10,12H,4-6H2,1-3H3. The van der Waals surface area contributed by atoms with Crippen molar-refractivity contribution in [3.8, 4) is 0 Å². The Bertz CT molecular complexity index is 530. The Morgan fingerprint density at radius 2 is 1.60 bits per heavy atom. The number of imide groups is 1. The van der Waals surface area contributed by atoms with E-state index in [4.69, 9.17) is 0 Å². The molecule has 1 aliphatic heterocycles. The zero-order chi connectivity index (χ0) is 14.8. The molecule has 0 aromatic carbocycles. The number of piperidine rings is 1. The quantitative estimate of drug-likeness (QED) is 0.488. The van der Waals surface area contributed by atoms with Crippen LogP contribution in [0.4, 0.5) is 0 Å². The normalized spacial score (nSPS) is 37.5. The molecule has 2 aliphatic carbocycles. The fourth-order valence-electron chi connectivity index (χ4n) is 4.16. The van der Waals surface area contributed by atoms with Crippen LogP contribution in [0, 0.1) is 23.7 Å². The van der Waals surface area contributed by atoms with Crippen LogP contribution in [0.3, 0.4) is 0 Å². The molecule has 0 N–H and O–H groups in total. The minimum atomic E-state index is -0.578. The van der Waals surface area contributed by atoms with E-state index in [2.05, 4.69) is 0 Å². The summed E-state index contributed by atoms with van der Waals surface area (Å²) >= 11 is 0. The Morgan fingerprint density at radius 3 is 2.20 bits per heavy atom. The molecule has 2 amide bonds. The minimum absolute atomic E-state index is 0.0681. The second-order valence-corrected chi connectivity index (χ2v) is 7.21. The van der Waals surface area contributed by atoms with Crippen molar-refractivity contribution < 1.29 is 19.2 Å². The summed E-state index contributed by atoms with van der Waals surface area (Å²) in [4.78, 5) is 50.3. The number of ketones is 2. The molecule has 0 aromatic rings. The van der Waals surface area contributed by atoms with Gasteiger partial charge in [0.15, 0.2) is 0 Å². The molecule has 0 spiro atoms. The fourth-order valence-corrected chi connectivity index (χ4v) is 4.16. The van der Waals surface area contributed by atoms with Gasteiger partial charge in [-0.25, -0.2) is 0 Å². The summed E-state index contributed by atoms with van der Waals surface area (Å²) in [6, 6.07) is 0. The van der Waals surface area contributed by atoms with Gasteiger partial charge < -0.3 is 0 Å². The van der Waals surface area contributed by atoms with Crippen LogP contribution in [0.2, 0.25) is 0 Å². The number of likely N-dealkylation sites (tertiary alicyclic amines) is 1. The van der Waals surface area contributed by atoms with Crippen molar-refractivity contribution in [3.05, 3.63) is 0 Å². The molecule has 4 atom stereocenters. The molecule has 2 saturated carbocycles. The lowest BCUT2D eigenvalue weighted by Crippen LogP contribution is -2.55. The lowest BCUT2D eigenvalue weighted by molar-refractivity contribution is -0.160. The third kappa shape index (κ3) is 1.68. The highest BCUT2D eigenvalue weighted by molar-refractivity contribution is 6.09. The van der Waals surface area contributed by atoms with Crippen molar-refractivity contribution in [1.29, 1.82) is 0 Å². The number of fused-ring (bicyclic) bond motifs is 5. The van der Waals surface area contributed by atoms with Gasteiger partial charge >= 0.3 is 0 Å². The summed E-state index contributed by atoms with van der Waals surface area (Å²) in [6.07, 6.45) is 0.647. The number of hydrogen-bond donors (Lipinski definition) is 0. The first-order valence-corrected chi connectivity index (χ1v) is 7.14. The molecular formula is C15H19NO4. The Morgan fingerprint density at radius 1 is 1.00 bits per heavy atom. The summed E-state index contributed by atoms with van der Waals surface area (Å²) in [5.41, 5.74) is -0.578. The van der Waals surface area contributed by atoms with Crippen molar-refractivity contribution in [1.82, 2.24) is 4.90 Å². The van der Waals surface area contributed by atoms with Crippen molar-refractivity contribution in [2.75, 3.05) is 0 Å². The summed E-state index contributed by atoms with van der Waals surface area (Å²) < 4.78 is 0. The highest BCUT2D eigenvalue weighted by Crippen LogP contribution is 2.52. The molecule has 4 unspecified atom stereocenters. The average molecular weight is 277 g/mol. The van der Waals surface area contributed by atoms with Crippen LogP contribution < -0.4 is 0 Å². The first kappa shape index (κ1) is 13.5. The van der Waals surface area contributed by atoms with Gasteiger partial charge in [0.1, 0.15) is 11.6 Å². The van der Waals surface area contributed by atoms with Gasteiger partial charge in [0.25, 0.3) is 0 Å². The Balaban J connectivity index is 2.03. The number of hydrogen-bond acceptors (Lipinski definition) is 4. The van der Waals surface area contributed by atoms with Gasteiger partial charge in [0.2, 0.25) is 11.8 Å². The number of carbonyl (C=O) groups excluding carboxylic acids is 4. The second kappa shape index (κ2) is 3.99. The molecule has 20 heavy (non-hydrogen) atoms. The van der Waals surface area contributed by atoms with Gasteiger partial charge in [-0.1, -0.05) is 0 Å². The zero-order valence-electron chi connectivity index (χ0n) is 12.0. The fraction of sp³-hybridized carbons (Fsp3) is 0.733. The SMILES string of the molecule is CC(C)(C)N1C(=O)C2CC(C1=O)C1C(=O)CC(=O)CC21. The van der Waals surface area contributed by atoms with Crippen LogP contribution in [0.15, 0.2) is 0 Å². The Hall–Kier alpha value is -1.52. The summed E-state index contributed by atoms with van der Waals surface area (Å²) in [7, 11) is 0. The molecule has 1 saturated heterocycles. The van der Waals surface area contributed by atoms with Crippen molar-refractivity contribution in [3.63, 3.8) is 0 Å². The largest absolute Gasteiger partial charge is 0.299 e. The van der Waals surface area contributed by atoms with Crippen molar-refractivity contribution in [2.45, 2.75) is 45.6 Å². The van der Waals surface area contributed by atoms with Gasteiger partial charge in [-0.2, -0.15) is 0 Å². The van der Waals surface area contributed by atoms with Gasteiger partial charge in [-0.15, -0.1) is 0 Å². The molecule has 0 radical (unpaired) electrons. The Labute approximate surface area is 117 Å². The minimum Gasteiger partial charge on any atom is -0.299 e. The van der Waals surface area contributed by atoms with Crippen LogP contribution >= 0.6 is 0 Å². The summed E-state index contributed by atoms with van der Waals surface area (Å²) in [5, 5.41) is 0. The van der Waals surface area contributed by atoms with Crippen LogP contribution in [-0.4, -0.2) is 33.8 Å².